The van der Waals surface area contributed by atoms with Gasteiger partial charge in [-0.15, -0.1) is 0 Å². The van der Waals surface area contributed by atoms with Crippen molar-refractivity contribution in [2.24, 2.45) is 0 Å². The number of thiocarbonyl (C=S) groups is 1. The quantitative estimate of drug-likeness (QED) is 0.641. The Morgan fingerprint density at radius 2 is 2.04 bits per heavy atom. The predicted octanol–water partition coefficient (Wildman–Crippen LogP) is 3.97. The van der Waals surface area contributed by atoms with Gasteiger partial charge in [-0.05, 0) is 36.8 Å². The summed E-state index contributed by atoms with van der Waals surface area (Å²) in [5, 5.41) is 13.1. The minimum atomic E-state index is -0.159. The van der Waals surface area contributed by atoms with Gasteiger partial charge in [-0.3, -0.25) is 9.69 Å². The first-order chi connectivity index (χ1) is 11.5. The maximum atomic E-state index is 12.5. The van der Waals surface area contributed by atoms with E-state index < -0.39 is 0 Å². The highest BCUT2D eigenvalue weighted by Gasteiger charge is 2.31. The van der Waals surface area contributed by atoms with Crippen LogP contribution >= 0.6 is 24.0 Å². The van der Waals surface area contributed by atoms with E-state index in [-0.39, 0.29) is 11.7 Å². The van der Waals surface area contributed by atoms with Crippen LogP contribution in [0, 0.1) is 6.92 Å². The molecule has 0 aromatic heterocycles. The van der Waals surface area contributed by atoms with E-state index in [4.69, 9.17) is 12.2 Å². The van der Waals surface area contributed by atoms with Crippen LogP contribution in [0.3, 0.4) is 0 Å². The Labute approximate surface area is 150 Å². The number of nitrogens with zero attached hydrogens (tertiary/aromatic N) is 1. The van der Waals surface area contributed by atoms with E-state index in [2.05, 4.69) is 5.32 Å². The SMILES string of the molecule is Cc1cccc(NCN2C(=O)/C(=C/c3ccccc3O)SC2=S)c1. The highest BCUT2D eigenvalue weighted by Crippen LogP contribution is 2.33. The van der Waals surface area contributed by atoms with Gasteiger partial charge in [0.05, 0.1) is 11.6 Å². The number of para-hydroxylation sites is 1. The zero-order valence-corrected chi connectivity index (χ0v) is 14.7. The van der Waals surface area contributed by atoms with Gasteiger partial charge in [-0.1, -0.05) is 54.3 Å². The van der Waals surface area contributed by atoms with Crippen LogP contribution in [0.2, 0.25) is 0 Å². The van der Waals surface area contributed by atoms with E-state index >= 15 is 0 Å². The molecule has 4 nitrogen and oxygen atoms in total. The predicted molar refractivity (Wildman–Crippen MR) is 103 cm³/mol. The molecule has 2 aromatic carbocycles. The molecular weight excluding hydrogens is 340 g/mol. The number of hydrogen-bond acceptors (Lipinski definition) is 5. The number of nitrogens with one attached hydrogen (secondary N) is 1. The summed E-state index contributed by atoms with van der Waals surface area (Å²) < 4.78 is 0.502. The molecule has 1 aliphatic rings. The maximum absolute atomic E-state index is 12.5. The first-order valence-electron chi connectivity index (χ1n) is 7.38. The van der Waals surface area contributed by atoms with Crippen LogP contribution in [0.15, 0.2) is 53.4 Å². The minimum Gasteiger partial charge on any atom is -0.507 e. The van der Waals surface area contributed by atoms with E-state index in [9.17, 15) is 9.90 Å². The Morgan fingerprint density at radius 1 is 1.25 bits per heavy atom. The Balaban J connectivity index is 1.73. The van der Waals surface area contributed by atoms with Crippen LogP contribution in [0.4, 0.5) is 5.69 Å². The topological polar surface area (TPSA) is 52.6 Å². The third-order valence-corrected chi connectivity index (χ3v) is 4.93. The standard InChI is InChI=1S/C18H16N2O2S2/c1-12-5-4-7-14(9-12)19-11-20-17(22)16(24-18(20)23)10-13-6-2-3-8-15(13)21/h2-10,19,21H,11H2,1H3/b16-10-. The van der Waals surface area contributed by atoms with Gasteiger partial charge < -0.3 is 10.4 Å². The number of carbonyl (C=O) groups excluding carboxylic acids is 1. The van der Waals surface area contributed by atoms with Crippen LogP contribution in [-0.2, 0) is 4.79 Å². The normalized spacial score (nSPS) is 16.0. The second-order valence-corrected chi connectivity index (χ2v) is 7.05. The average Bonchev–Trinajstić information content (AvgIpc) is 2.82. The second kappa shape index (κ2) is 7.07. The molecule has 6 heteroatoms. The van der Waals surface area contributed by atoms with Crippen molar-refractivity contribution in [3.05, 3.63) is 64.6 Å². The fourth-order valence-corrected chi connectivity index (χ4v) is 3.56. The fraction of sp³-hybridized carbons (Fsp3) is 0.111. The largest absolute Gasteiger partial charge is 0.507 e. The first kappa shape index (κ1) is 16.5. The Hall–Kier alpha value is -2.31. The zero-order valence-electron chi connectivity index (χ0n) is 13.0. The summed E-state index contributed by atoms with van der Waals surface area (Å²) in [6.45, 7) is 2.33. The number of aryl methyl sites for hydroxylation is 1. The van der Waals surface area contributed by atoms with Gasteiger partial charge in [0.1, 0.15) is 10.1 Å². The lowest BCUT2D eigenvalue weighted by Crippen LogP contribution is -2.33. The molecule has 1 aliphatic heterocycles. The molecular formula is C18H16N2O2S2. The molecule has 122 valence electrons. The van der Waals surface area contributed by atoms with Crippen molar-refractivity contribution in [3.63, 3.8) is 0 Å². The van der Waals surface area contributed by atoms with E-state index in [1.54, 1.807) is 24.3 Å². The Morgan fingerprint density at radius 3 is 2.79 bits per heavy atom. The minimum absolute atomic E-state index is 0.139. The molecule has 0 spiro atoms. The van der Waals surface area contributed by atoms with E-state index in [1.165, 1.54) is 16.7 Å². The molecule has 0 unspecified atom stereocenters. The molecule has 1 saturated heterocycles. The number of thioether (sulfide) groups is 1. The van der Waals surface area contributed by atoms with Crippen molar-refractivity contribution in [1.82, 2.24) is 4.90 Å². The van der Waals surface area contributed by atoms with E-state index in [0.29, 0.717) is 21.5 Å². The van der Waals surface area contributed by atoms with Gasteiger partial charge in [-0.2, -0.15) is 0 Å². The molecule has 2 N–H and O–H groups in total. The maximum Gasteiger partial charge on any atom is 0.267 e. The lowest BCUT2D eigenvalue weighted by atomic mass is 10.2. The number of phenols is 1. The van der Waals surface area contributed by atoms with Crippen LogP contribution < -0.4 is 5.32 Å². The van der Waals surface area contributed by atoms with Crippen molar-refractivity contribution in [3.8, 4) is 5.75 Å². The molecule has 2 aromatic rings. The molecule has 0 bridgehead atoms. The number of rotatable bonds is 4. The van der Waals surface area contributed by atoms with Crippen LogP contribution in [0.5, 0.6) is 5.75 Å². The smallest absolute Gasteiger partial charge is 0.267 e. The van der Waals surface area contributed by atoms with Crippen molar-refractivity contribution >= 4 is 46.0 Å². The van der Waals surface area contributed by atoms with Crippen LogP contribution in [-0.4, -0.2) is 26.9 Å². The summed E-state index contributed by atoms with van der Waals surface area (Å²) in [5.74, 6) is -0.0194. The summed E-state index contributed by atoms with van der Waals surface area (Å²) in [5.41, 5.74) is 2.68. The molecule has 3 rings (SSSR count). The summed E-state index contributed by atoms with van der Waals surface area (Å²) >= 11 is 6.55. The third-order valence-electron chi connectivity index (χ3n) is 3.56. The monoisotopic (exact) mass is 356 g/mol. The van der Waals surface area contributed by atoms with Gasteiger partial charge in [0.25, 0.3) is 5.91 Å². The third kappa shape index (κ3) is 3.60. The number of anilines is 1. The number of benzene rings is 2. The zero-order chi connectivity index (χ0) is 17.1. The van der Waals surface area contributed by atoms with Crippen molar-refractivity contribution in [1.29, 1.82) is 0 Å². The van der Waals surface area contributed by atoms with Crippen molar-refractivity contribution in [2.75, 3.05) is 12.0 Å². The lowest BCUT2D eigenvalue weighted by Gasteiger charge is -2.16. The van der Waals surface area contributed by atoms with Gasteiger partial charge in [0.2, 0.25) is 0 Å². The fourth-order valence-electron chi connectivity index (χ4n) is 2.31. The Bertz CT molecular complexity index is 833. The van der Waals surface area contributed by atoms with Gasteiger partial charge in [0, 0.05) is 11.3 Å². The molecule has 1 amide bonds. The number of carbonyl (C=O) groups is 1. The first-order valence-corrected chi connectivity index (χ1v) is 8.61. The van der Waals surface area contributed by atoms with E-state index in [0.717, 1.165) is 11.3 Å². The molecule has 0 aliphatic carbocycles. The number of aromatic hydroxyl groups is 1. The van der Waals surface area contributed by atoms with E-state index in [1.807, 2.05) is 37.3 Å². The van der Waals surface area contributed by atoms with Crippen LogP contribution in [0.1, 0.15) is 11.1 Å². The van der Waals surface area contributed by atoms with Gasteiger partial charge >= 0.3 is 0 Å². The summed E-state index contributed by atoms with van der Waals surface area (Å²) in [7, 11) is 0. The van der Waals surface area contributed by atoms with Crippen LogP contribution in [0.25, 0.3) is 6.08 Å². The Kier molecular flexibility index (Phi) is 4.87. The lowest BCUT2D eigenvalue weighted by molar-refractivity contribution is -0.121. The molecule has 24 heavy (non-hydrogen) atoms. The summed E-state index contributed by atoms with van der Waals surface area (Å²) in [6.07, 6.45) is 1.67. The molecule has 0 radical (unpaired) electrons. The number of hydrogen-bond donors (Lipinski definition) is 2. The summed E-state index contributed by atoms with van der Waals surface area (Å²) in [6, 6.07) is 14.8. The van der Waals surface area contributed by atoms with Gasteiger partial charge in [-0.25, -0.2) is 0 Å². The number of phenolic OH excluding ortho intramolecular Hbond substituents is 1. The number of amides is 1. The molecule has 1 heterocycles. The van der Waals surface area contributed by atoms with Crippen molar-refractivity contribution in [2.45, 2.75) is 6.92 Å². The molecule has 1 fully saturated rings. The molecule has 0 atom stereocenters. The molecule has 0 saturated carbocycles. The average molecular weight is 356 g/mol. The highest BCUT2D eigenvalue weighted by molar-refractivity contribution is 8.26. The highest BCUT2D eigenvalue weighted by atomic mass is 32.2. The van der Waals surface area contributed by atoms with Gasteiger partial charge in [0.15, 0.2) is 0 Å². The second-order valence-electron chi connectivity index (χ2n) is 5.37. The van der Waals surface area contributed by atoms with Crippen molar-refractivity contribution < 1.29 is 9.90 Å². The summed E-state index contributed by atoms with van der Waals surface area (Å²) in [4.78, 5) is 14.6.